The quantitative estimate of drug-likeness (QED) is 0.490. The monoisotopic (exact) mass is 382 g/mol. The Morgan fingerprint density at radius 3 is 2.63 bits per heavy atom. The fourth-order valence-corrected chi connectivity index (χ4v) is 2.44. The van der Waals surface area contributed by atoms with Gasteiger partial charge in [-0.25, -0.2) is 9.82 Å². The number of ether oxygens (including phenoxy) is 1. The molecule has 0 saturated heterocycles. The molecule has 0 atom stereocenters. The van der Waals surface area contributed by atoms with Crippen LogP contribution in [0.25, 0.3) is 0 Å². The Morgan fingerprint density at radius 2 is 1.85 bits per heavy atom. The molecule has 0 radical (unpaired) electrons. The van der Waals surface area contributed by atoms with Crippen LogP contribution in [-0.4, -0.2) is 12.1 Å². The number of rotatable bonds is 6. The van der Waals surface area contributed by atoms with E-state index in [1.54, 1.807) is 12.1 Å². The number of carbonyl (C=O) groups excluding carboxylic acids is 1. The van der Waals surface area contributed by atoms with Gasteiger partial charge in [0, 0.05) is 16.1 Å². The number of hydrazone groups is 1. The Kier molecular flexibility index (Phi) is 6.18. The molecule has 0 fully saturated rings. The molecule has 0 saturated carbocycles. The first-order valence-electron chi connectivity index (χ1n) is 8.17. The summed E-state index contributed by atoms with van der Waals surface area (Å²) in [6.07, 6.45) is 1.48. The minimum atomic E-state index is -0.495. The molecular formula is C21H16ClFN2O2. The maximum absolute atomic E-state index is 13.2. The minimum Gasteiger partial charge on any atom is -0.488 e. The molecule has 0 aromatic heterocycles. The minimum absolute atomic E-state index is 0.194. The van der Waals surface area contributed by atoms with Crippen molar-refractivity contribution in [2.45, 2.75) is 6.61 Å². The van der Waals surface area contributed by atoms with Gasteiger partial charge in [-0.15, -0.1) is 0 Å². The van der Waals surface area contributed by atoms with Gasteiger partial charge in [0.25, 0.3) is 5.91 Å². The second-order valence-electron chi connectivity index (χ2n) is 5.66. The van der Waals surface area contributed by atoms with Gasteiger partial charge >= 0.3 is 0 Å². The molecule has 0 unspecified atom stereocenters. The molecule has 1 amide bonds. The topological polar surface area (TPSA) is 50.7 Å². The molecule has 3 aromatic carbocycles. The molecule has 0 spiro atoms. The van der Waals surface area contributed by atoms with Crippen LogP contribution in [0.5, 0.6) is 5.75 Å². The van der Waals surface area contributed by atoms with Crippen LogP contribution in [0.1, 0.15) is 21.5 Å². The zero-order chi connectivity index (χ0) is 19.1. The molecule has 6 heteroatoms. The van der Waals surface area contributed by atoms with Gasteiger partial charge < -0.3 is 4.74 Å². The van der Waals surface area contributed by atoms with Crippen molar-refractivity contribution < 1.29 is 13.9 Å². The summed E-state index contributed by atoms with van der Waals surface area (Å²) < 4.78 is 19.0. The third-order valence-electron chi connectivity index (χ3n) is 3.68. The summed E-state index contributed by atoms with van der Waals surface area (Å²) in [5.41, 5.74) is 4.25. The van der Waals surface area contributed by atoms with Crippen molar-refractivity contribution in [1.29, 1.82) is 0 Å². The molecular weight excluding hydrogens is 367 g/mol. The van der Waals surface area contributed by atoms with Gasteiger partial charge in [-0.1, -0.05) is 41.9 Å². The van der Waals surface area contributed by atoms with Crippen LogP contribution in [-0.2, 0) is 6.61 Å². The zero-order valence-corrected chi connectivity index (χ0v) is 15.0. The van der Waals surface area contributed by atoms with E-state index in [0.717, 1.165) is 11.6 Å². The molecule has 0 aliphatic heterocycles. The van der Waals surface area contributed by atoms with Gasteiger partial charge in [0.05, 0.1) is 6.21 Å². The summed E-state index contributed by atoms with van der Waals surface area (Å²) in [6.45, 7) is 0.373. The summed E-state index contributed by atoms with van der Waals surface area (Å²) in [4.78, 5) is 12.0. The fourth-order valence-electron chi connectivity index (χ4n) is 2.32. The van der Waals surface area contributed by atoms with Crippen molar-refractivity contribution in [2.75, 3.05) is 0 Å². The van der Waals surface area contributed by atoms with Crippen molar-refractivity contribution in [3.63, 3.8) is 0 Å². The number of benzene rings is 3. The number of carbonyl (C=O) groups is 1. The molecule has 0 aliphatic rings. The van der Waals surface area contributed by atoms with Crippen LogP contribution in [0.3, 0.4) is 0 Å². The Hall–Kier alpha value is -3.18. The molecule has 27 heavy (non-hydrogen) atoms. The molecule has 0 bridgehead atoms. The van der Waals surface area contributed by atoms with Gasteiger partial charge in [0.1, 0.15) is 18.2 Å². The van der Waals surface area contributed by atoms with E-state index >= 15 is 0 Å². The highest BCUT2D eigenvalue weighted by Gasteiger charge is 2.05. The van der Waals surface area contributed by atoms with Crippen LogP contribution in [0, 0.1) is 5.82 Å². The summed E-state index contributed by atoms with van der Waals surface area (Å²) in [7, 11) is 0. The highest BCUT2D eigenvalue weighted by atomic mass is 35.5. The van der Waals surface area contributed by atoms with Crippen LogP contribution in [0.4, 0.5) is 4.39 Å². The summed E-state index contributed by atoms with van der Waals surface area (Å²) in [6, 6.07) is 20.1. The van der Waals surface area contributed by atoms with E-state index < -0.39 is 11.7 Å². The molecule has 0 heterocycles. The second-order valence-corrected chi connectivity index (χ2v) is 6.10. The van der Waals surface area contributed by atoms with E-state index in [1.165, 1.54) is 24.4 Å². The Labute approximate surface area is 161 Å². The average molecular weight is 383 g/mol. The van der Waals surface area contributed by atoms with Gasteiger partial charge in [-0.3, -0.25) is 4.79 Å². The van der Waals surface area contributed by atoms with Crippen LogP contribution in [0.2, 0.25) is 5.02 Å². The van der Waals surface area contributed by atoms with Crippen molar-refractivity contribution in [1.82, 2.24) is 5.43 Å². The maximum Gasteiger partial charge on any atom is 0.271 e. The molecule has 4 nitrogen and oxygen atoms in total. The number of nitrogens with one attached hydrogen (secondary N) is 1. The fraction of sp³-hybridized carbons (Fsp3) is 0.0476. The molecule has 0 aliphatic carbocycles. The molecule has 3 aromatic rings. The lowest BCUT2D eigenvalue weighted by atomic mass is 10.2. The number of hydrogen-bond acceptors (Lipinski definition) is 3. The summed E-state index contributed by atoms with van der Waals surface area (Å²) >= 11 is 5.88. The zero-order valence-electron chi connectivity index (χ0n) is 14.2. The third kappa shape index (κ3) is 5.39. The number of amides is 1. The van der Waals surface area contributed by atoms with E-state index in [1.807, 2.05) is 36.4 Å². The summed E-state index contributed by atoms with van der Waals surface area (Å²) in [5, 5.41) is 4.60. The van der Waals surface area contributed by atoms with Crippen molar-refractivity contribution >= 4 is 23.7 Å². The predicted octanol–water partition coefficient (Wildman–Crippen LogP) is 4.82. The maximum atomic E-state index is 13.2. The summed E-state index contributed by atoms with van der Waals surface area (Å²) in [5.74, 6) is -0.353. The van der Waals surface area contributed by atoms with Crippen LogP contribution < -0.4 is 10.2 Å². The van der Waals surface area contributed by atoms with E-state index in [0.29, 0.717) is 22.9 Å². The van der Waals surface area contributed by atoms with E-state index in [-0.39, 0.29) is 5.56 Å². The van der Waals surface area contributed by atoms with Crippen molar-refractivity contribution in [3.8, 4) is 5.75 Å². The van der Waals surface area contributed by atoms with Gasteiger partial charge in [0.2, 0.25) is 0 Å². The second kappa shape index (κ2) is 8.96. The van der Waals surface area contributed by atoms with Crippen molar-refractivity contribution in [2.24, 2.45) is 5.10 Å². The lowest BCUT2D eigenvalue weighted by molar-refractivity contribution is 0.0954. The number of nitrogens with zero attached hydrogens (tertiary/aromatic N) is 1. The number of hydrogen-bond donors (Lipinski definition) is 1. The first-order chi connectivity index (χ1) is 13.1. The van der Waals surface area contributed by atoms with Gasteiger partial charge in [-0.05, 0) is 48.0 Å². The van der Waals surface area contributed by atoms with Crippen LogP contribution >= 0.6 is 11.6 Å². The largest absolute Gasteiger partial charge is 0.488 e. The SMILES string of the molecule is O=C(N/N=C/c1ccccc1OCc1ccc(Cl)cc1)c1cccc(F)c1. The van der Waals surface area contributed by atoms with Crippen LogP contribution in [0.15, 0.2) is 77.9 Å². The Morgan fingerprint density at radius 1 is 1.07 bits per heavy atom. The lowest BCUT2D eigenvalue weighted by Crippen LogP contribution is -2.17. The Balaban J connectivity index is 1.64. The Bertz CT molecular complexity index is 958. The predicted molar refractivity (Wildman–Crippen MR) is 104 cm³/mol. The standard InChI is InChI=1S/C21H16ClFN2O2/c22-18-10-8-15(9-11-18)14-27-20-7-2-1-4-17(20)13-24-25-21(26)16-5-3-6-19(23)12-16/h1-13H,14H2,(H,25,26)/b24-13+. The normalized spacial score (nSPS) is 10.7. The highest BCUT2D eigenvalue weighted by Crippen LogP contribution is 2.18. The number of para-hydroxylation sites is 1. The van der Waals surface area contributed by atoms with E-state index in [9.17, 15) is 9.18 Å². The molecule has 136 valence electrons. The lowest BCUT2D eigenvalue weighted by Gasteiger charge is -2.09. The van der Waals surface area contributed by atoms with E-state index in [2.05, 4.69) is 10.5 Å². The molecule has 1 N–H and O–H groups in total. The highest BCUT2D eigenvalue weighted by molar-refractivity contribution is 6.30. The number of halogens is 2. The third-order valence-corrected chi connectivity index (χ3v) is 3.94. The van der Waals surface area contributed by atoms with E-state index in [4.69, 9.17) is 16.3 Å². The van der Waals surface area contributed by atoms with Gasteiger partial charge in [-0.2, -0.15) is 5.10 Å². The smallest absolute Gasteiger partial charge is 0.271 e. The van der Waals surface area contributed by atoms with Gasteiger partial charge in [0.15, 0.2) is 0 Å². The van der Waals surface area contributed by atoms with Crippen molar-refractivity contribution in [3.05, 3.63) is 100 Å². The molecule has 3 rings (SSSR count). The first kappa shape index (κ1) is 18.6. The first-order valence-corrected chi connectivity index (χ1v) is 8.55. The average Bonchev–Trinajstić information content (AvgIpc) is 2.68.